The second kappa shape index (κ2) is 7.37. The zero-order valence-corrected chi connectivity index (χ0v) is 10.7. The summed E-state index contributed by atoms with van der Waals surface area (Å²) >= 11 is 1.82. The van der Waals surface area contributed by atoms with Gasteiger partial charge >= 0.3 is 0 Å². The highest BCUT2D eigenvalue weighted by molar-refractivity contribution is 7.98. The van der Waals surface area contributed by atoms with E-state index in [4.69, 9.17) is 9.68 Å². The number of rotatable bonds is 7. The number of thioether (sulfide) groups is 1. The molecule has 0 N–H and O–H groups in total. The van der Waals surface area contributed by atoms with Gasteiger partial charge in [-0.25, -0.2) is 0 Å². The van der Waals surface area contributed by atoms with Gasteiger partial charge in [-0.1, -0.05) is 0 Å². The standard InChI is InChI=1S/C12H18N2OS/c1-14(2)9-11-5-6-12(15-11)10-16-8-4-3-7-13/h5-6H,3-4,8-10H2,1-2H3. The minimum atomic E-state index is 0.650. The zero-order chi connectivity index (χ0) is 11.8. The summed E-state index contributed by atoms with van der Waals surface area (Å²) in [5.74, 6) is 3.97. The van der Waals surface area contributed by atoms with E-state index in [9.17, 15) is 0 Å². The van der Waals surface area contributed by atoms with Crippen molar-refractivity contribution in [1.82, 2.24) is 4.90 Å². The molecular formula is C12H18N2OS. The van der Waals surface area contributed by atoms with Crippen LogP contribution in [0, 0.1) is 11.3 Å². The molecule has 1 aromatic rings. The third-order valence-corrected chi connectivity index (χ3v) is 3.08. The highest BCUT2D eigenvalue weighted by Gasteiger charge is 2.03. The zero-order valence-electron chi connectivity index (χ0n) is 9.90. The maximum atomic E-state index is 8.39. The van der Waals surface area contributed by atoms with Crippen molar-refractivity contribution in [1.29, 1.82) is 5.26 Å². The molecule has 0 fully saturated rings. The number of furan rings is 1. The van der Waals surface area contributed by atoms with Crippen LogP contribution >= 0.6 is 11.8 Å². The van der Waals surface area contributed by atoms with Gasteiger partial charge in [-0.15, -0.1) is 0 Å². The van der Waals surface area contributed by atoms with Gasteiger partial charge in [0.05, 0.1) is 18.4 Å². The molecule has 0 saturated heterocycles. The largest absolute Gasteiger partial charge is 0.464 e. The van der Waals surface area contributed by atoms with Gasteiger partial charge in [-0.3, -0.25) is 0 Å². The minimum Gasteiger partial charge on any atom is -0.464 e. The summed E-state index contributed by atoms with van der Waals surface area (Å²) in [5.41, 5.74) is 0. The first-order chi connectivity index (χ1) is 7.72. The monoisotopic (exact) mass is 238 g/mol. The van der Waals surface area contributed by atoms with Crippen LogP contribution in [0.15, 0.2) is 16.5 Å². The Hall–Kier alpha value is -0.920. The Labute approximate surface area is 101 Å². The van der Waals surface area contributed by atoms with E-state index in [1.165, 1.54) is 0 Å². The normalized spacial score (nSPS) is 10.6. The minimum absolute atomic E-state index is 0.650. The molecule has 1 aromatic heterocycles. The quantitative estimate of drug-likeness (QED) is 0.685. The van der Waals surface area contributed by atoms with Crippen molar-refractivity contribution in [2.24, 2.45) is 0 Å². The average molecular weight is 238 g/mol. The van der Waals surface area contributed by atoms with E-state index in [-0.39, 0.29) is 0 Å². The van der Waals surface area contributed by atoms with Gasteiger partial charge in [-0.05, 0) is 38.4 Å². The van der Waals surface area contributed by atoms with Crippen molar-refractivity contribution < 1.29 is 4.42 Å². The summed E-state index contributed by atoms with van der Waals surface area (Å²) in [6.45, 7) is 0.846. The Kier molecular flexibility index (Phi) is 6.05. The van der Waals surface area contributed by atoms with Crippen molar-refractivity contribution >= 4 is 11.8 Å². The lowest BCUT2D eigenvalue weighted by Gasteiger charge is -2.05. The highest BCUT2D eigenvalue weighted by Crippen LogP contribution is 2.17. The Morgan fingerprint density at radius 3 is 2.81 bits per heavy atom. The van der Waals surface area contributed by atoms with Crippen LogP contribution in [0.25, 0.3) is 0 Å². The first-order valence-electron chi connectivity index (χ1n) is 5.39. The van der Waals surface area contributed by atoms with Gasteiger partial charge < -0.3 is 9.32 Å². The van der Waals surface area contributed by atoms with E-state index < -0.39 is 0 Å². The van der Waals surface area contributed by atoms with Crippen LogP contribution in [0.2, 0.25) is 0 Å². The Morgan fingerprint density at radius 1 is 1.38 bits per heavy atom. The van der Waals surface area contributed by atoms with Crippen molar-refractivity contribution in [3.05, 3.63) is 23.7 Å². The SMILES string of the molecule is CN(C)Cc1ccc(CSCCCC#N)o1. The first kappa shape index (κ1) is 13.1. The molecule has 3 nitrogen and oxygen atoms in total. The number of hydrogen-bond acceptors (Lipinski definition) is 4. The number of hydrogen-bond donors (Lipinski definition) is 0. The van der Waals surface area contributed by atoms with Crippen LogP contribution in [0.3, 0.4) is 0 Å². The highest BCUT2D eigenvalue weighted by atomic mass is 32.2. The van der Waals surface area contributed by atoms with Gasteiger partial charge in [0.1, 0.15) is 11.5 Å². The van der Waals surface area contributed by atoms with Crippen molar-refractivity contribution in [2.75, 3.05) is 19.8 Å². The summed E-state index contributed by atoms with van der Waals surface area (Å²) in [6.07, 6.45) is 1.61. The van der Waals surface area contributed by atoms with Crippen LogP contribution in [0.4, 0.5) is 0 Å². The van der Waals surface area contributed by atoms with E-state index in [1.807, 2.05) is 38.0 Å². The molecule has 0 aromatic carbocycles. The van der Waals surface area contributed by atoms with Crippen LogP contribution in [0.1, 0.15) is 24.4 Å². The second-order valence-corrected chi connectivity index (χ2v) is 5.03. The number of unbranched alkanes of at least 4 members (excludes halogenated alkanes) is 1. The third-order valence-electron chi connectivity index (χ3n) is 2.01. The maximum absolute atomic E-state index is 8.39. The fourth-order valence-corrected chi connectivity index (χ4v) is 2.17. The predicted molar refractivity (Wildman–Crippen MR) is 67.1 cm³/mol. The van der Waals surface area contributed by atoms with E-state index in [2.05, 4.69) is 11.0 Å². The van der Waals surface area contributed by atoms with Crippen LogP contribution in [-0.4, -0.2) is 24.7 Å². The van der Waals surface area contributed by atoms with Gasteiger partial charge in [0.15, 0.2) is 0 Å². The molecule has 0 aliphatic heterocycles. The molecule has 1 rings (SSSR count). The Morgan fingerprint density at radius 2 is 2.12 bits per heavy atom. The molecule has 0 spiro atoms. The Balaban J connectivity index is 2.22. The lowest BCUT2D eigenvalue weighted by Crippen LogP contribution is -2.09. The lowest BCUT2D eigenvalue weighted by atomic mass is 10.4. The molecule has 0 amide bonds. The van der Waals surface area contributed by atoms with E-state index in [0.29, 0.717) is 6.42 Å². The average Bonchev–Trinajstić information content (AvgIpc) is 2.64. The Bertz CT molecular complexity index is 341. The molecule has 0 unspecified atom stereocenters. The number of nitriles is 1. The summed E-state index contributed by atoms with van der Waals surface area (Å²) in [6, 6.07) is 6.22. The fourth-order valence-electron chi connectivity index (χ4n) is 1.32. The third kappa shape index (κ3) is 5.24. The smallest absolute Gasteiger partial charge is 0.118 e. The van der Waals surface area contributed by atoms with Gasteiger partial charge in [-0.2, -0.15) is 17.0 Å². The second-order valence-electron chi connectivity index (χ2n) is 3.92. The maximum Gasteiger partial charge on any atom is 0.118 e. The number of nitrogens with zero attached hydrogens (tertiary/aromatic N) is 2. The molecule has 0 radical (unpaired) electrons. The van der Waals surface area contributed by atoms with E-state index >= 15 is 0 Å². The van der Waals surface area contributed by atoms with Crippen molar-refractivity contribution in [2.45, 2.75) is 25.1 Å². The molecule has 0 bridgehead atoms. The first-order valence-corrected chi connectivity index (χ1v) is 6.55. The summed E-state index contributed by atoms with van der Waals surface area (Å²) in [5, 5.41) is 8.39. The summed E-state index contributed by atoms with van der Waals surface area (Å²) < 4.78 is 5.67. The predicted octanol–water partition coefficient (Wildman–Crippen LogP) is 2.88. The van der Waals surface area contributed by atoms with Crippen molar-refractivity contribution in [3.8, 4) is 6.07 Å². The fraction of sp³-hybridized carbons (Fsp3) is 0.583. The molecular weight excluding hydrogens is 220 g/mol. The lowest BCUT2D eigenvalue weighted by molar-refractivity contribution is 0.344. The van der Waals surface area contributed by atoms with Gasteiger partial charge in [0, 0.05) is 6.42 Å². The molecule has 0 atom stereocenters. The summed E-state index contributed by atoms with van der Waals surface area (Å²) in [7, 11) is 4.05. The van der Waals surface area contributed by atoms with Gasteiger partial charge in [0.2, 0.25) is 0 Å². The molecule has 88 valence electrons. The van der Waals surface area contributed by atoms with Crippen LogP contribution in [-0.2, 0) is 12.3 Å². The molecule has 16 heavy (non-hydrogen) atoms. The molecule has 0 saturated carbocycles. The van der Waals surface area contributed by atoms with Crippen LogP contribution < -0.4 is 0 Å². The molecule has 0 aliphatic carbocycles. The molecule has 0 aliphatic rings. The molecule has 1 heterocycles. The van der Waals surface area contributed by atoms with Crippen molar-refractivity contribution in [3.63, 3.8) is 0 Å². The van der Waals surface area contributed by atoms with Gasteiger partial charge in [0.25, 0.3) is 0 Å². The summed E-state index contributed by atoms with van der Waals surface area (Å²) in [4.78, 5) is 2.09. The van der Waals surface area contributed by atoms with Crippen LogP contribution in [0.5, 0.6) is 0 Å². The van der Waals surface area contributed by atoms with E-state index in [1.54, 1.807) is 0 Å². The topological polar surface area (TPSA) is 40.2 Å². The van der Waals surface area contributed by atoms with E-state index in [0.717, 1.165) is 36.0 Å². The molecule has 4 heteroatoms.